The third kappa shape index (κ3) is 3.77. The number of hydrogen-bond donors (Lipinski definition) is 0. The van der Waals surface area contributed by atoms with E-state index in [1.165, 1.54) is 17.3 Å². The maximum absolute atomic E-state index is 12.6. The molecule has 8 heteroatoms. The molecular formula is C18H22N4O3S. The number of benzene rings is 1. The van der Waals surface area contributed by atoms with Gasteiger partial charge in [-0.05, 0) is 5.56 Å². The first kappa shape index (κ1) is 17.5. The van der Waals surface area contributed by atoms with E-state index in [1.807, 2.05) is 11.0 Å². The smallest absolute Gasteiger partial charge is 0.277 e. The largest absolute Gasteiger partial charge is 0.416 e. The van der Waals surface area contributed by atoms with Crippen molar-refractivity contribution in [3.8, 4) is 0 Å². The number of aryl methyl sites for hydroxylation is 1. The van der Waals surface area contributed by atoms with E-state index < -0.39 is 0 Å². The summed E-state index contributed by atoms with van der Waals surface area (Å²) in [5, 5.41) is 8.15. The molecule has 1 aromatic heterocycles. The standard InChI is InChI=1S/C18H22N4O3S/c1-13-19-20-18(25-13)26-12-17(23)21-7-8-22-15(9-21)10-24-11-16(22)14-5-3-2-4-6-14/h2-6,15-16H,7-12H2,1H3/t15-,16-/m1/s1. The van der Waals surface area contributed by atoms with Gasteiger partial charge in [0.15, 0.2) is 0 Å². The number of hydrogen-bond acceptors (Lipinski definition) is 7. The van der Waals surface area contributed by atoms with Crippen molar-refractivity contribution >= 4 is 17.7 Å². The first-order chi connectivity index (χ1) is 12.7. The highest BCUT2D eigenvalue weighted by Crippen LogP contribution is 2.29. The number of amides is 1. The highest BCUT2D eigenvalue weighted by molar-refractivity contribution is 7.99. The van der Waals surface area contributed by atoms with Crippen LogP contribution in [-0.4, -0.2) is 70.5 Å². The van der Waals surface area contributed by atoms with Gasteiger partial charge in [0.05, 0.1) is 31.1 Å². The molecule has 7 nitrogen and oxygen atoms in total. The van der Waals surface area contributed by atoms with Crippen molar-refractivity contribution in [1.82, 2.24) is 20.0 Å². The Hall–Kier alpha value is -1.90. The molecule has 1 aromatic carbocycles. The van der Waals surface area contributed by atoms with E-state index in [0.29, 0.717) is 36.6 Å². The second-order valence-corrected chi connectivity index (χ2v) is 7.50. The zero-order valence-corrected chi connectivity index (χ0v) is 15.5. The summed E-state index contributed by atoms with van der Waals surface area (Å²) in [6.07, 6.45) is 0. The fourth-order valence-electron chi connectivity index (χ4n) is 3.58. The number of nitrogens with zero attached hydrogens (tertiary/aromatic N) is 4. The molecule has 0 unspecified atom stereocenters. The first-order valence-electron chi connectivity index (χ1n) is 8.80. The normalized spacial score (nSPS) is 23.7. The zero-order valence-electron chi connectivity index (χ0n) is 14.7. The molecule has 0 saturated carbocycles. The summed E-state index contributed by atoms with van der Waals surface area (Å²) in [5.41, 5.74) is 1.28. The summed E-state index contributed by atoms with van der Waals surface area (Å²) in [7, 11) is 0. The minimum absolute atomic E-state index is 0.104. The van der Waals surface area contributed by atoms with Crippen LogP contribution in [0.15, 0.2) is 40.0 Å². The van der Waals surface area contributed by atoms with Crippen molar-refractivity contribution in [1.29, 1.82) is 0 Å². The summed E-state index contributed by atoms with van der Waals surface area (Å²) >= 11 is 1.29. The number of thioether (sulfide) groups is 1. The average Bonchev–Trinajstić information content (AvgIpc) is 3.11. The Morgan fingerprint density at radius 1 is 1.23 bits per heavy atom. The summed E-state index contributed by atoms with van der Waals surface area (Å²) < 4.78 is 11.2. The summed E-state index contributed by atoms with van der Waals surface area (Å²) in [6.45, 7) is 5.42. The van der Waals surface area contributed by atoms with Gasteiger partial charge in [0.25, 0.3) is 5.22 Å². The number of ether oxygens (including phenoxy) is 1. The number of morpholine rings is 1. The lowest BCUT2D eigenvalue weighted by Crippen LogP contribution is -2.60. The van der Waals surface area contributed by atoms with E-state index in [2.05, 4.69) is 39.4 Å². The number of aromatic nitrogens is 2. The van der Waals surface area contributed by atoms with Gasteiger partial charge in [-0.2, -0.15) is 0 Å². The molecule has 0 N–H and O–H groups in total. The molecule has 0 aliphatic carbocycles. The van der Waals surface area contributed by atoms with Crippen molar-refractivity contribution in [2.75, 3.05) is 38.6 Å². The summed E-state index contributed by atoms with van der Waals surface area (Å²) in [4.78, 5) is 17.0. The third-order valence-electron chi connectivity index (χ3n) is 4.88. The van der Waals surface area contributed by atoms with Crippen LogP contribution in [0.25, 0.3) is 0 Å². The van der Waals surface area contributed by atoms with Gasteiger partial charge in [-0.15, -0.1) is 10.2 Å². The molecule has 2 aromatic rings. The molecule has 0 spiro atoms. The molecule has 0 radical (unpaired) electrons. The lowest BCUT2D eigenvalue weighted by molar-refractivity contribution is -0.137. The number of fused-ring (bicyclic) bond motifs is 1. The third-order valence-corrected chi connectivity index (χ3v) is 5.68. The molecule has 26 heavy (non-hydrogen) atoms. The molecule has 4 rings (SSSR count). The van der Waals surface area contributed by atoms with Crippen LogP contribution in [0.3, 0.4) is 0 Å². The van der Waals surface area contributed by atoms with Crippen LogP contribution < -0.4 is 0 Å². The minimum atomic E-state index is 0.104. The van der Waals surface area contributed by atoms with Gasteiger partial charge in [-0.3, -0.25) is 9.69 Å². The van der Waals surface area contributed by atoms with E-state index in [0.717, 1.165) is 13.1 Å². The van der Waals surface area contributed by atoms with E-state index in [4.69, 9.17) is 9.15 Å². The Labute approximate surface area is 156 Å². The summed E-state index contributed by atoms with van der Waals surface area (Å²) in [6, 6.07) is 11.0. The Kier molecular flexibility index (Phi) is 5.23. The van der Waals surface area contributed by atoms with Crippen LogP contribution in [0.2, 0.25) is 0 Å². The van der Waals surface area contributed by atoms with Gasteiger partial charge in [-0.25, -0.2) is 0 Å². The number of carbonyl (C=O) groups excluding carboxylic acids is 1. The quantitative estimate of drug-likeness (QED) is 0.755. The van der Waals surface area contributed by atoms with Crippen molar-refractivity contribution < 1.29 is 13.9 Å². The molecule has 1 amide bonds. The lowest BCUT2D eigenvalue weighted by atomic mass is 10.0. The fourth-order valence-corrected chi connectivity index (χ4v) is 4.29. The number of rotatable bonds is 4. The van der Waals surface area contributed by atoms with Crippen molar-refractivity contribution in [2.45, 2.75) is 24.2 Å². The SMILES string of the molecule is Cc1nnc(SCC(=O)N2CCN3[C@@H](COC[C@@H]3c3ccccc3)C2)o1. The number of piperazine rings is 1. The van der Waals surface area contributed by atoms with Gasteiger partial charge < -0.3 is 14.1 Å². The van der Waals surface area contributed by atoms with Crippen molar-refractivity contribution in [2.24, 2.45) is 0 Å². The van der Waals surface area contributed by atoms with Crippen LogP contribution in [0.5, 0.6) is 0 Å². The van der Waals surface area contributed by atoms with E-state index in [-0.39, 0.29) is 18.0 Å². The van der Waals surface area contributed by atoms with Crippen LogP contribution >= 0.6 is 11.8 Å². The maximum atomic E-state index is 12.6. The van der Waals surface area contributed by atoms with E-state index in [9.17, 15) is 4.79 Å². The second kappa shape index (κ2) is 7.77. The van der Waals surface area contributed by atoms with Crippen molar-refractivity contribution in [3.63, 3.8) is 0 Å². The van der Waals surface area contributed by atoms with Crippen LogP contribution in [-0.2, 0) is 9.53 Å². The van der Waals surface area contributed by atoms with Crippen molar-refractivity contribution in [3.05, 3.63) is 41.8 Å². The van der Waals surface area contributed by atoms with E-state index in [1.54, 1.807) is 6.92 Å². The lowest BCUT2D eigenvalue weighted by Gasteiger charge is -2.48. The van der Waals surface area contributed by atoms with Gasteiger partial charge in [0, 0.05) is 26.6 Å². The molecule has 0 bridgehead atoms. The predicted molar refractivity (Wildman–Crippen MR) is 96.8 cm³/mol. The van der Waals surface area contributed by atoms with E-state index >= 15 is 0 Å². The zero-order chi connectivity index (χ0) is 17.9. The predicted octanol–water partition coefficient (Wildman–Crippen LogP) is 1.75. The average molecular weight is 374 g/mol. The molecule has 2 atom stereocenters. The Balaban J connectivity index is 1.36. The molecule has 2 fully saturated rings. The number of carbonyl (C=O) groups is 1. The monoisotopic (exact) mass is 374 g/mol. The topological polar surface area (TPSA) is 71.7 Å². The van der Waals surface area contributed by atoms with Crippen LogP contribution in [0.4, 0.5) is 0 Å². The van der Waals surface area contributed by atoms with Gasteiger partial charge in [0.2, 0.25) is 11.8 Å². The van der Waals surface area contributed by atoms with Gasteiger partial charge in [-0.1, -0.05) is 42.1 Å². The van der Waals surface area contributed by atoms with Crippen LogP contribution in [0.1, 0.15) is 17.5 Å². The van der Waals surface area contributed by atoms with Crippen LogP contribution in [0, 0.1) is 6.92 Å². The fraction of sp³-hybridized carbons (Fsp3) is 0.500. The molecule has 138 valence electrons. The highest BCUT2D eigenvalue weighted by Gasteiger charge is 2.37. The Bertz CT molecular complexity index is 754. The van der Waals surface area contributed by atoms with Gasteiger partial charge in [0.1, 0.15) is 0 Å². The second-order valence-electron chi connectivity index (χ2n) is 6.57. The Morgan fingerprint density at radius 3 is 2.85 bits per heavy atom. The molecular weight excluding hydrogens is 352 g/mol. The summed E-state index contributed by atoms with van der Waals surface area (Å²) in [5.74, 6) is 0.935. The van der Waals surface area contributed by atoms with Gasteiger partial charge >= 0.3 is 0 Å². The molecule has 2 saturated heterocycles. The first-order valence-corrected chi connectivity index (χ1v) is 9.78. The highest BCUT2D eigenvalue weighted by atomic mass is 32.2. The molecule has 2 aliphatic rings. The maximum Gasteiger partial charge on any atom is 0.277 e. The molecule has 3 heterocycles. The molecule has 2 aliphatic heterocycles. The Morgan fingerprint density at radius 2 is 2.08 bits per heavy atom. The minimum Gasteiger partial charge on any atom is -0.416 e.